The van der Waals surface area contributed by atoms with Crippen LogP contribution in [0.1, 0.15) is 24.0 Å². The van der Waals surface area contributed by atoms with Gasteiger partial charge in [0.05, 0.1) is 13.2 Å². The molecule has 2 unspecified atom stereocenters. The molecule has 0 aromatic heterocycles. The highest BCUT2D eigenvalue weighted by Crippen LogP contribution is 2.34. The first-order chi connectivity index (χ1) is 9.78. The lowest BCUT2D eigenvalue weighted by Crippen LogP contribution is -2.39. The molecule has 2 atom stereocenters. The van der Waals surface area contributed by atoms with Crippen LogP contribution >= 0.6 is 15.9 Å². The minimum Gasteiger partial charge on any atom is -0.493 e. The van der Waals surface area contributed by atoms with Crippen LogP contribution in [-0.2, 0) is 17.6 Å². The third-order valence-electron chi connectivity index (χ3n) is 4.40. The number of likely N-dealkylation sites (N-methyl/N-ethyl adjacent to an activating group) is 1. The average Bonchev–Trinajstić information content (AvgIpc) is 2.93. The topological polar surface area (TPSA) is 30.5 Å². The van der Waals surface area contributed by atoms with E-state index >= 15 is 0 Å². The first-order valence-corrected chi connectivity index (χ1v) is 8.26. The molecule has 0 spiro atoms. The van der Waals surface area contributed by atoms with E-state index in [0.717, 1.165) is 42.9 Å². The summed E-state index contributed by atoms with van der Waals surface area (Å²) >= 11 is 3.62. The predicted octanol–water partition coefficient (Wildman–Crippen LogP) is 2.94. The molecule has 0 bridgehead atoms. The zero-order valence-electron chi connectivity index (χ0n) is 12.0. The molecule has 110 valence electrons. The quantitative estimate of drug-likeness (QED) is 0.914. The summed E-state index contributed by atoms with van der Waals surface area (Å²) < 4.78 is 12.6. The van der Waals surface area contributed by atoms with Crippen molar-refractivity contribution in [3.8, 4) is 5.75 Å². The second kappa shape index (κ2) is 6.46. The zero-order chi connectivity index (χ0) is 13.9. The van der Waals surface area contributed by atoms with Gasteiger partial charge < -0.3 is 14.8 Å². The lowest BCUT2D eigenvalue weighted by atomic mass is 9.88. The van der Waals surface area contributed by atoms with Crippen molar-refractivity contribution in [3.05, 3.63) is 27.7 Å². The minimum atomic E-state index is 0.456. The number of fused-ring (bicyclic) bond motifs is 1. The van der Waals surface area contributed by atoms with E-state index in [9.17, 15) is 0 Å². The second-order valence-corrected chi connectivity index (χ2v) is 6.64. The van der Waals surface area contributed by atoms with E-state index in [1.807, 2.05) is 0 Å². The molecule has 1 saturated heterocycles. The van der Waals surface area contributed by atoms with Crippen LogP contribution in [0.15, 0.2) is 16.6 Å². The number of benzene rings is 1. The van der Waals surface area contributed by atoms with E-state index in [2.05, 4.69) is 40.4 Å². The number of halogens is 1. The number of ether oxygens (including phenoxy) is 2. The Morgan fingerprint density at radius 1 is 1.40 bits per heavy atom. The van der Waals surface area contributed by atoms with Gasteiger partial charge >= 0.3 is 0 Å². The number of rotatable bonds is 4. The Balaban J connectivity index is 1.78. The van der Waals surface area contributed by atoms with E-state index in [1.54, 1.807) is 0 Å². The van der Waals surface area contributed by atoms with Gasteiger partial charge in [-0.1, -0.05) is 15.9 Å². The highest BCUT2D eigenvalue weighted by atomic mass is 79.9. The fraction of sp³-hybridized carbons (Fsp3) is 0.625. The van der Waals surface area contributed by atoms with Gasteiger partial charge in [-0.05, 0) is 55.5 Å². The molecule has 3 rings (SSSR count). The molecule has 0 amide bonds. The Labute approximate surface area is 129 Å². The van der Waals surface area contributed by atoms with E-state index in [0.29, 0.717) is 12.0 Å². The maximum Gasteiger partial charge on any atom is 0.125 e. The summed E-state index contributed by atoms with van der Waals surface area (Å²) in [5.74, 6) is 1.72. The van der Waals surface area contributed by atoms with Gasteiger partial charge in [0.15, 0.2) is 0 Å². The highest BCUT2D eigenvalue weighted by molar-refractivity contribution is 9.10. The predicted molar refractivity (Wildman–Crippen MR) is 83.4 cm³/mol. The smallest absolute Gasteiger partial charge is 0.125 e. The van der Waals surface area contributed by atoms with E-state index in [4.69, 9.17) is 9.47 Å². The SMILES string of the molecule is CNC(Cc1cc(Br)cc2c1OCC2)C1CCCOC1. The molecular weight excluding hydrogens is 318 g/mol. The molecule has 1 aromatic rings. The van der Waals surface area contributed by atoms with Crippen LogP contribution in [0.2, 0.25) is 0 Å². The van der Waals surface area contributed by atoms with Gasteiger partial charge in [0.25, 0.3) is 0 Å². The summed E-state index contributed by atoms with van der Waals surface area (Å²) in [6.07, 6.45) is 4.46. The minimum absolute atomic E-state index is 0.456. The molecule has 4 heteroatoms. The lowest BCUT2D eigenvalue weighted by Gasteiger charge is -2.30. The van der Waals surface area contributed by atoms with Crippen molar-refractivity contribution in [1.82, 2.24) is 5.32 Å². The number of nitrogens with one attached hydrogen (secondary N) is 1. The number of hydrogen-bond donors (Lipinski definition) is 1. The maximum absolute atomic E-state index is 5.84. The van der Waals surface area contributed by atoms with E-state index < -0.39 is 0 Å². The van der Waals surface area contributed by atoms with Crippen LogP contribution in [0, 0.1) is 5.92 Å². The molecular formula is C16H22BrNO2. The summed E-state index contributed by atoms with van der Waals surface area (Å²) in [5.41, 5.74) is 2.65. The van der Waals surface area contributed by atoms with Crippen molar-refractivity contribution in [3.63, 3.8) is 0 Å². The van der Waals surface area contributed by atoms with Gasteiger partial charge in [0.1, 0.15) is 5.75 Å². The number of hydrogen-bond acceptors (Lipinski definition) is 3. The van der Waals surface area contributed by atoms with E-state index in [1.165, 1.54) is 24.0 Å². The van der Waals surface area contributed by atoms with Crippen molar-refractivity contribution < 1.29 is 9.47 Å². The normalized spacial score (nSPS) is 23.2. The molecule has 1 N–H and O–H groups in total. The van der Waals surface area contributed by atoms with Crippen molar-refractivity contribution in [1.29, 1.82) is 0 Å². The monoisotopic (exact) mass is 339 g/mol. The molecule has 1 fully saturated rings. The highest BCUT2D eigenvalue weighted by Gasteiger charge is 2.26. The average molecular weight is 340 g/mol. The first kappa shape index (κ1) is 14.4. The third-order valence-corrected chi connectivity index (χ3v) is 4.86. The Hall–Kier alpha value is -0.580. The second-order valence-electron chi connectivity index (χ2n) is 5.73. The molecule has 1 aromatic carbocycles. The van der Waals surface area contributed by atoms with Gasteiger partial charge in [-0.25, -0.2) is 0 Å². The molecule has 2 aliphatic rings. The standard InChI is InChI=1S/C16H22BrNO2/c1-18-15(12-3-2-5-19-10-12)9-13-8-14(17)7-11-4-6-20-16(11)13/h7-8,12,15,18H,2-6,9-10H2,1H3. The van der Waals surface area contributed by atoms with Crippen molar-refractivity contribution in [2.75, 3.05) is 26.9 Å². The van der Waals surface area contributed by atoms with Crippen LogP contribution in [0.4, 0.5) is 0 Å². The van der Waals surface area contributed by atoms with Crippen LogP contribution in [0.5, 0.6) is 5.75 Å². The summed E-state index contributed by atoms with van der Waals surface area (Å²) in [6, 6.07) is 4.85. The van der Waals surface area contributed by atoms with Crippen molar-refractivity contribution >= 4 is 15.9 Å². The van der Waals surface area contributed by atoms with Crippen molar-refractivity contribution in [2.45, 2.75) is 31.7 Å². The first-order valence-electron chi connectivity index (χ1n) is 7.47. The fourth-order valence-electron chi connectivity index (χ4n) is 3.32. The molecule has 0 saturated carbocycles. The van der Waals surface area contributed by atoms with Crippen LogP contribution in [0.25, 0.3) is 0 Å². The third kappa shape index (κ3) is 3.02. The van der Waals surface area contributed by atoms with Crippen LogP contribution < -0.4 is 10.1 Å². The fourth-order valence-corrected chi connectivity index (χ4v) is 3.87. The molecule has 0 radical (unpaired) electrons. The molecule has 2 heterocycles. The Morgan fingerprint density at radius 3 is 3.05 bits per heavy atom. The van der Waals surface area contributed by atoms with Crippen molar-refractivity contribution in [2.24, 2.45) is 5.92 Å². The molecule has 3 nitrogen and oxygen atoms in total. The summed E-state index contributed by atoms with van der Waals surface area (Å²) in [6.45, 7) is 2.61. The van der Waals surface area contributed by atoms with Gasteiger partial charge in [-0.15, -0.1) is 0 Å². The van der Waals surface area contributed by atoms with E-state index in [-0.39, 0.29) is 0 Å². The van der Waals surface area contributed by atoms with Crippen LogP contribution in [0.3, 0.4) is 0 Å². The Morgan fingerprint density at radius 2 is 2.30 bits per heavy atom. The van der Waals surface area contributed by atoms with Gasteiger partial charge in [0, 0.05) is 23.5 Å². The lowest BCUT2D eigenvalue weighted by molar-refractivity contribution is 0.0404. The summed E-state index contributed by atoms with van der Waals surface area (Å²) in [5, 5.41) is 3.48. The Kier molecular flexibility index (Phi) is 4.64. The van der Waals surface area contributed by atoms with Gasteiger partial charge in [-0.2, -0.15) is 0 Å². The maximum atomic E-state index is 5.84. The molecule has 20 heavy (non-hydrogen) atoms. The summed E-state index contributed by atoms with van der Waals surface area (Å²) in [7, 11) is 2.05. The molecule has 0 aliphatic carbocycles. The summed E-state index contributed by atoms with van der Waals surface area (Å²) in [4.78, 5) is 0. The Bertz CT molecular complexity index is 472. The molecule has 2 aliphatic heterocycles. The van der Waals surface area contributed by atoms with Gasteiger partial charge in [0.2, 0.25) is 0 Å². The zero-order valence-corrected chi connectivity index (χ0v) is 13.5. The van der Waals surface area contributed by atoms with Gasteiger partial charge in [-0.3, -0.25) is 0 Å². The van der Waals surface area contributed by atoms with Crippen LogP contribution in [-0.4, -0.2) is 32.9 Å². The largest absolute Gasteiger partial charge is 0.493 e.